The molecule has 2 aliphatic rings. The summed E-state index contributed by atoms with van der Waals surface area (Å²) < 4.78 is 0. The summed E-state index contributed by atoms with van der Waals surface area (Å²) in [5, 5.41) is 4.87. The molecule has 0 spiro atoms. The van der Waals surface area contributed by atoms with Gasteiger partial charge in [-0.3, -0.25) is 4.98 Å². The molecule has 1 saturated heterocycles. The van der Waals surface area contributed by atoms with Crippen molar-refractivity contribution in [2.24, 2.45) is 0 Å². The second-order valence-corrected chi connectivity index (χ2v) is 5.62. The number of anilines is 2. The summed E-state index contributed by atoms with van der Waals surface area (Å²) in [6, 6.07) is 9.15. The lowest BCUT2D eigenvalue weighted by Gasteiger charge is -2.39. The van der Waals surface area contributed by atoms with Gasteiger partial charge < -0.3 is 10.2 Å². The second-order valence-electron chi connectivity index (χ2n) is 5.62. The van der Waals surface area contributed by atoms with Crippen molar-refractivity contribution in [3.63, 3.8) is 0 Å². The molecule has 1 N–H and O–H groups in total. The molecule has 2 aromatic rings. The Balaban J connectivity index is 1.91. The quantitative estimate of drug-likeness (QED) is 0.780. The van der Waals surface area contributed by atoms with E-state index in [-0.39, 0.29) is 0 Å². The van der Waals surface area contributed by atoms with Gasteiger partial charge in [-0.15, -0.1) is 0 Å². The van der Waals surface area contributed by atoms with Gasteiger partial charge in [-0.1, -0.05) is 31.0 Å². The highest BCUT2D eigenvalue weighted by Crippen LogP contribution is 2.39. The Morgan fingerprint density at radius 2 is 2.11 bits per heavy atom. The van der Waals surface area contributed by atoms with Gasteiger partial charge in [0.25, 0.3) is 0 Å². The lowest BCUT2D eigenvalue weighted by atomic mass is 10.0. The van der Waals surface area contributed by atoms with E-state index in [1.165, 1.54) is 49.0 Å². The fourth-order valence-corrected chi connectivity index (χ4v) is 3.48. The summed E-state index contributed by atoms with van der Waals surface area (Å²) in [6.45, 7) is 2.25. The predicted molar refractivity (Wildman–Crippen MR) is 79.8 cm³/mol. The van der Waals surface area contributed by atoms with E-state index in [1.54, 1.807) is 0 Å². The van der Waals surface area contributed by atoms with Gasteiger partial charge in [0.15, 0.2) is 0 Å². The van der Waals surface area contributed by atoms with Crippen molar-refractivity contribution < 1.29 is 0 Å². The summed E-state index contributed by atoms with van der Waals surface area (Å²) in [7, 11) is 0. The van der Waals surface area contributed by atoms with E-state index >= 15 is 0 Å². The van der Waals surface area contributed by atoms with E-state index in [2.05, 4.69) is 39.5 Å². The Morgan fingerprint density at radius 1 is 1.16 bits per heavy atom. The Kier molecular flexibility index (Phi) is 2.57. The number of hydrogen-bond donors (Lipinski definition) is 1. The van der Waals surface area contributed by atoms with Gasteiger partial charge in [0.05, 0.1) is 23.1 Å². The van der Waals surface area contributed by atoms with E-state index in [0.29, 0.717) is 6.04 Å². The summed E-state index contributed by atoms with van der Waals surface area (Å²) in [5.41, 5.74) is 3.69. The molecule has 19 heavy (non-hydrogen) atoms. The zero-order valence-corrected chi connectivity index (χ0v) is 11.1. The van der Waals surface area contributed by atoms with Crippen molar-refractivity contribution in [1.29, 1.82) is 0 Å². The van der Waals surface area contributed by atoms with Crippen LogP contribution in [0.25, 0.3) is 10.9 Å². The minimum atomic E-state index is 0.654. The topological polar surface area (TPSA) is 28.2 Å². The number of rotatable bonds is 0. The van der Waals surface area contributed by atoms with Gasteiger partial charge in [0, 0.05) is 24.5 Å². The van der Waals surface area contributed by atoms with Crippen LogP contribution in [0.2, 0.25) is 0 Å². The van der Waals surface area contributed by atoms with Crippen LogP contribution in [0.15, 0.2) is 30.5 Å². The number of pyridine rings is 1. The Hall–Kier alpha value is -1.77. The zero-order valence-electron chi connectivity index (χ0n) is 11.1. The highest BCUT2D eigenvalue weighted by atomic mass is 15.2. The highest BCUT2D eigenvalue weighted by Gasteiger charge is 2.28. The highest BCUT2D eigenvalue weighted by molar-refractivity contribution is 5.99. The van der Waals surface area contributed by atoms with Crippen LogP contribution >= 0.6 is 0 Å². The second kappa shape index (κ2) is 4.41. The first-order valence-corrected chi connectivity index (χ1v) is 7.32. The number of nitrogens with zero attached hydrogens (tertiary/aromatic N) is 2. The van der Waals surface area contributed by atoms with Crippen molar-refractivity contribution >= 4 is 22.3 Å². The summed E-state index contributed by atoms with van der Waals surface area (Å²) in [6.07, 6.45) is 7.35. The first kappa shape index (κ1) is 11.1. The SMILES string of the molecule is c1ccc2c3c(cnc2c1)NCC1CCCCCN31. The van der Waals surface area contributed by atoms with E-state index in [4.69, 9.17) is 0 Å². The van der Waals surface area contributed by atoms with Crippen LogP contribution in [0.1, 0.15) is 25.7 Å². The number of nitrogens with one attached hydrogen (secondary N) is 1. The summed E-state index contributed by atoms with van der Waals surface area (Å²) >= 11 is 0. The molecule has 0 amide bonds. The fraction of sp³-hybridized carbons (Fsp3) is 0.438. The standard InChI is InChI=1S/C16H19N3/c1-2-6-12-10-17-15-11-18-14-8-4-3-7-13(14)16(15)19(12)9-5-1/h3-4,7-8,11-12,17H,1-2,5-6,9-10H2. The largest absolute Gasteiger partial charge is 0.380 e. The molecule has 98 valence electrons. The van der Waals surface area contributed by atoms with Crippen LogP contribution in [0, 0.1) is 0 Å². The number of para-hydroxylation sites is 1. The smallest absolute Gasteiger partial charge is 0.0772 e. The molecule has 1 fully saturated rings. The van der Waals surface area contributed by atoms with Crippen LogP contribution in [0.3, 0.4) is 0 Å². The van der Waals surface area contributed by atoms with E-state index in [0.717, 1.165) is 12.1 Å². The number of fused-ring (bicyclic) bond motifs is 5. The van der Waals surface area contributed by atoms with Gasteiger partial charge in [-0.25, -0.2) is 0 Å². The molecule has 4 rings (SSSR count). The number of aromatic nitrogens is 1. The van der Waals surface area contributed by atoms with Crippen molar-refractivity contribution in [3.8, 4) is 0 Å². The monoisotopic (exact) mass is 253 g/mol. The molecule has 2 aliphatic heterocycles. The molecular weight excluding hydrogens is 234 g/mol. The van der Waals surface area contributed by atoms with E-state index < -0.39 is 0 Å². The number of hydrogen-bond acceptors (Lipinski definition) is 3. The molecule has 3 heteroatoms. The Morgan fingerprint density at radius 3 is 3.11 bits per heavy atom. The molecule has 1 aromatic heterocycles. The minimum Gasteiger partial charge on any atom is -0.380 e. The Bertz CT molecular complexity index is 608. The molecule has 3 nitrogen and oxygen atoms in total. The molecule has 3 heterocycles. The average Bonchev–Trinajstić information content (AvgIpc) is 2.72. The van der Waals surface area contributed by atoms with Crippen LogP contribution in [0.5, 0.6) is 0 Å². The fourth-order valence-electron chi connectivity index (χ4n) is 3.48. The molecule has 0 aliphatic carbocycles. The maximum atomic E-state index is 4.57. The normalized spacial score (nSPS) is 22.3. The first-order valence-electron chi connectivity index (χ1n) is 7.32. The third-order valence-electron chi connectivity index (χ3n) is 4.44. The lowest BCUT2D eigenvalue weighted by molar-refractivity contribution is 0.584. The summed E-state index contributed by atoms with van der Waals surface area (Å²) in [4.78, 5) is 7.19. The molecule has 0 saturated carbocycles. The molecule has 1 unspecified atom stereocenters. The van der Waals surface area contributed by atoms with Crippen molar-refractivity contribution in [1.82, 2.24) is 4.98 Å². The van der Waals surface area contributed by atoms with Crippen LogP contribution in [-0.2, 0) is 0 Å². The molecule has 1 aromatic carbocycles. The summed E-state index contributed by atoms with van der Waals surface area (Å²) in [5.74, 6) is 0. The Labute approximate surface area is 113 Å². The van der Waals surface area contributed by atoms with E-state index in [9.17, 15) is 0 Å². The number of benzene rings is 1. The van der Waals surface area contributed by atoms with Crippen molar-refractivity contribution in [2.45, 2.75) is 31.7 Å². The van der Waals surface area contributed by atoms with Gasteiger partial charge in [-0.2, -0.15) is 0 Å². The third-order valence-corrected chi connectivity index (χ3v) is 4.44. The lowest BCUT2D eigenvalue weighted by Crippen LogP contribution is -2.43. The molecule has 0 radical (unpaired) electrons. The molecular formula is C16H19N3. The average molecular weight is 253 g/mol. The zero-order chi connectivity index (χ0) is 12.7. The van der Waals surface area contributed by atoms with Gasteiger partial charge in [-0.05, 0) is 18.9 Å². The third kappa shape index (κ3) is 1.76. The van der Waals surface area contributed by atoms with Gasteiger partial charge in [0.2, 0.25) is 0 Å². The van der Waals surface area contributed by atoms with Gasteiger partial charge >= 0.3 is 0 Å². The molecule has 1 atom stereocenters. The molecule has 0 bridgehead atoms. The maximum absolute atomic E-state index is 4.57. The van der Waals surface area contributed by atoms with Crippen LogP contribution in [0.4, 0.5) is 11.4 Å². The van der Waals surface area contributed by atoms with Crippen LogP contribution < -0.4 is 10.2 Å². The van der Waals surface area contributed by atoms with Crippen LogP contribution in [-0.4, -0.2) is 24.1 Å². The van der Waals surface area contributed by atoms with Crippen molar-refractivity contribution in [3.05, 3.63) is 30.5 Å². The first-order chi connectivity index (χ1) is 9.43. The van der Waals surface area contributed by atoms with E-state index in [1.807, 2.05) is 6.20 Å². The van der Waals surface area contributed by atoms with Gasteiger partial charge in [0.1, 0.15) is 0 Å². The predicted octanol–water partition coefficient (Wildman–Crippen LogP) is 3.41. The van der Waals surface area contributed by atoms with Crippen molar-refractivity contribution in [2.75, 3.05) is 23.3 Å². The minimum absolute atomic E-state index is 0.654. The maximum Gasteiger partial charge on any atom is 0.0772 e.